The number of nitrogens with one attached hydrogen (secondary N) is 2. The molecule has 0 spiro atoms. The van der Waals surface area contributed by atoms with Gasteiger partial charge in [0.1, 0.15) is 6.04 Å². The number of amides is 3. The van der Waals surface area contributed by atoms with Gasteiger partial charge < -0.3 is 10.6 Å². The summed E-state index contributed by atoms with van der Waals surface area (Å²) in [6, 6.07) is 8.37. The highest BCUT2D eigenvalue weighted by atomic mass is 16.2. The standard InChI is InChI=1S/C19H31N3O2/c1-6-14(5)21-19(24)22-17(23)12-20-18(13(3)4)16-10-8-15(7-2)9-11-16/h8-11,13-14,18,20H,6-7,12H2,1-5H3,(H2,21,22,23,24)/p+1/t14-,18-/m1/s1. The number of carbonyl (C=O) groups is 2. The molecule has 0 saturated heterocycles. The van der Waals surface area contributed by atoms with Crippen molar-refractivity contribution < 1.29 is 14.9 Å². The summed E-state index contributed by atoms with van der Waals surface area (Å²) in [4.78, 5) is 23.7. The first-order valence-electron chi connectivity index (χ1n) is 8.89. The number of quaternary nitrogens is 1. The molecule has 0 radical (unpaired) electrons. The van der Waals surface area contributed by atoms with E-state index in [2.05, 4.69) is 55.7 Å². The monoisotopic (exact) mass is 334 g/mol. The second-order valence-corrected chi connectivity index (χ2v) is 6.64. The summed E-state index contributed by atoms with van der Waals surface area (Å²) in [7, 11) is 0. The number of nitrogens with two attached hydrogens (primary N) is 1. The van der Waals surface area contributed by atoms with Gasteiger partial charge >= 0.3 is 6.03 Å². The van der Waals surface area contributed by atoms with Crippen molar-refractivity contribution in [3.8, 4) is 0 Å². The van der Waals surface area contributed by atoms with Crippen LogP contribution < -0.4 is 16.0 Å². The zero-order valence-electron chi connectivity index (χ0n) is 15.6. The largest absolute Gasteiger partial charge is 0.335 e. The second kappa shape index (κ2) is 10.1. The highest BCUT2D eigenvalue weighted by Crippen LogP contribution is 2.18. The normalized spacial score (nSPS) is 13.4. The van der Waals surface area contributed by atoms with Crippen LogP contribution in [0.3, 0.4) is 0 Å². The lowest BCUT2D eigenvalue weighted by molar-refractivity contribution is -0.692. The van der Waals surface area contributed by atoms with E-state index in [9.17, 15) is 9.59 Å². The van der Waals surface area contributed by atoms with E-state index in [1.165, 1.54) is 11.1 Å². The van der Waals surface area contributed by atoms with Crippen molar-refractivity contribution in [1.82, 2.24) is 10.6 Å². The summed E-state index contributed by atoms with van der Waals surface area (Å²) in [5.74, 6) is 0.117. The second-order valence-electron chi connectivity index (χ2n) is 6.64. The number of hydrogen-bond acceptors (Lipinski definition) is 2. The summed E-state index contributed by atoms with van der Waals surface area (Å²) in [5, 5.41) is 7.12. The number of benzene rings is 1. The van der Waals surface area contributed by atoms with E-state index in [0.717, 1.165) is 12.8 Å². The topological polar surface area (TPSA) is 74.8 Å². The molecule has 0 aliphatic heterocycles. The fraction of sp³-hybridized carbons (Fsp3) is 0.579. The zero-order valence-corrected chi connectivity index (χ0v) is 15.6. The van der Waals surface area contributed by atoms with Crippen LogP contribution in [0.4, 0.5) is 4.79 Å². The molecule has 0 saturated carbocycles. The lowest BCUT2D eigenvalue weighted by Crippen LogP contribution is -2.88. The molecular formula is C19H32N3O2+. The van der Waals surface area contributed by atoms with Crippen LogP contribution in [0.15, 0.2) is 24.3 Å². The van der Waals surface area contributed by atoms with E-state index in [1.54, 1.807) is 0 Å². The Morgan fingerprint density at radius 3 is 2.21 bits per heavy atom. The van der Waals surface area contributed by atoms with Gasteiger partial charge in [0, 0.05) is 17.5 Å². The van der Waals surface area contributed by atoms with E-state index in [4.69, 9.17) is 0 Å². The first-order chi connectivity index (χ1) is 11.4. The fourth-order valence-corrected chi connectivity index (χ4v) is 2.54. The van der Waals surface area contributed by atoms with E-state index in [0.29, 0.717) is 5.92 Å². The molecule has 5 heteroatoms. The Hall–Kier alpha value is -1.88. The predicted molar refractivity (Wildman–Crippen MR) is 96.6 cm³/mol. The van der Waals surface area contributed by atoms with Gasteiger partial charge in [-0.3, -0.25) is 10.1 Å². The molecular weight excluding hydrogens is 302 g/mol. The van der Waals surface area contributed by atoms with Gasteiger partial charge in [-0.2, -0.15) is 0 Å². The highest BCUT2D eigenvalue weighted by molar-refractivity contribution is 5.94. The minimum atomic E-state index is -0.420. The van der Waals surface area contributed by atoms with Gasteiger partial charge in [-0.1, -0.05) is 52.0 Å². The summed E-state index contributed by atoms with van der Waals surface area (Å²) in [6.45, 7) is 10.5. The maximum atomic E-state index is 12.0. The van der Waals surface area contributed by atoms with Gasteiger partial charge in [-0.15, -0.1) is 0 Å². The molecule has 0 aromatic heterocycles. The smallest absolute Gasteiger partial charge is 0.321 e. The Balaban J connectivity index is 2.56. The Morgan fingerprint density at radius 2 is 1.71 bits per heavy atom. The summed E-state index contributed by atoms with van der Waals surface area (Å²) in [5.41, 5.74) is 2.51. The average Bonchev–Trinajstić information content (AvgIpc) is 2.54. The fourth-order valence-electron chi connectivity index (χ4n) is 2.54. The SMILES string of the molecule is CCc1ccc([C@H]([NH2+]CC(=O)NC(=O)N[C@H](C)CC)C(C)C)cc1. The van der Waals surface area contributed by atoms with Crippen LogP contribution in [-0.4, -0.2) is 24.5 Å². The number of rotatable bonds is 8. The molecule has 0 bridgehead atoms. The van der Waals surface area contributed by atoms with Crippen molar-refractivity contribution in [3.63, 3.8) is 0 Å². The number of urea groups is 1. The molecule has 0 unspecified atom stereocenters. The molecule has 5 nitrogen and oxygen atoms in total. The van der Waals surface area contributed by atoms with Crippen LogP contribution in [0.5, 0.6) is 0 Å². The Bertz CT molecular complexity index is 526. The van der Waals surface area contributed by atoms with Crippen molar-refractivity contribution in [3.05, 3.63) is 35.4 Å². The molecule has 0 aliphatic carbocycles. The molecule has 1 aromatic carbocycles. The molecule has 4 N–H and O–H groups in total. The number of hydrogen-bond donors (Lipinski definition) is 3. The number of aryl methyl sites for hydroxylation is 1. The van der Waals surface area contributed by atoms with Gasteiger partial charge in [-0.25, -0.2) is 4.79 Å². The minimum absolute atomic E-state index is 0.0577. The Morgan fingerprint density at radius 1 is 1.08 bits per heavy atom. The van der Waals surface area contributed by atoms with E-state index in [1.807, 2.05) is 19.2 Å². The molecule has 1 rings (SSSR count). The van der Waals surface area contributed by atoms with E-state index < -0.39 is 6.03 Å². The van der Waals surface area contributed by atoms with Crippen LogP contribution in [-0.2, 0) is 11.2 Å². The maximum absolute atomic E-state index is 12.0. The third kappa shape index (κ3) is 6.71. The summed E-state index contributed by atoms with van der Waals surface area (Å²) < 4.78 is 0. The molecule has 0 fully saturated rings. The lowest BCUT2D eigenvalue weighted by atomic mass is 9.95. The van der Waals surface area contributed by atoms with Gasteiger partial charge in [-0.05, 0) is 25.3 Å². The van der Waals surface area contributed by atoms with Crippen molar-refractivity contribution >= 4 is 11.9 Å². The molecule has 0 heterocycles. The summed E-state index contributed by atoms with van der Waals surface area (Å²) >= 11 is 0. The Labute approximate surface area is 145 Å². The number of imide groups is 1. The van der Waals surface area contributed by atoms with Crippen molar-refractivity contribution in [2.75, 3.05) is 6.54 Å². The van der Waals surface area contributed by atoms with Crippen LogP contribution in [0.2, 0.25) is 0 Å². The van der Waals surface area contributed by atoms with E-state index >= 15 is 0 Å². The van der Waals surface area contributed by atoms with Gasteiger partial charge in [0.15, 0.2) is 6.54 Å². The van der Waals surface area contributed by atoms with Crippen LogP contribution >= 0.6 is 0 Å². The van der Waals surface area contributed by atoms with Crippen LogP contribution in [0, 0.1) is 5.92 Å². The third-order valence-corrected chi connectivity index (χ3v) is 4.29. The van der Waals surface area contributed by atoms with Gasteiger partial charge in [0.2, 0.25) is 0 Å². The van der Waals surface area contributed by atoms with Gasteiger partial charge in [0.05, 0.1) is 0 Å². The van der Waals surface area contributed by atoms with Crippen LogP contribution in [0.1, 0.15) is 58.2 Å². The lowest BCUT2D eigenvalue weighted by Gasteiger charge is -2.20. The maximum Gasteiger partial charge on any atom is 0.321 e. The first-order valence-corrected chi connectivity index (χ1v) is 8.89. The summed E-state index contributed by atoms with van der Waals surface area (Å²) in [6.07, 6.45) is 1.85. The van der Waals surface area contributed by atoms with Crippen molar-refractivity contribution in [2.24, 2.45) is 5.92 Å². The molecule has 24 heavy (non-hydrogen) atoms. The molecule has 2 atom stereocenters. The van der Waals surface area contributed by atoms with Crippen molar-refractivity contribution in [1.29, 1.82) is 0 Å². The van der Waals surface area contributed by atoms with E-state index in [-0.39, 0.29) is 24.5 Å². The zero-order chi connectivity index (χ0) is 18.1. The van der Waals surface area contributed by atoms with Gasteiger partial charge in [0.25, 0.3) is 5.91 Å². The molecule has 0 aliphatic rings. The molecule has 134 valence electrons. The Kier molecular flexibility index (Phi) is 8.47. The highest BCUT2D eigenvalue weighted by Gasteiger charge is 2.21. The third-order valence-electron chi connectivity index (χ3n) is 4.29. The first kappa shape index (κ1) is 20.2. The quantitative estimate of drug-likeness (QED) is 0.681. The molecule has 3 amide bonds. The molecule has 1 aromatic rings. The van der Waals surface area contributed by atoms with Crippen LogP contribution in [0.25, 0.3) is 0 Å². The van der Waals surface area contributed by atoms with Crippen molar-refractivity contribution in [2.45, 2.75) is 59.5 Å². The number of carbonyl (C=O) groups excluding carboxylic acids is 2. The average molecular weight is 334 g/mol. The predicted octanol–water partition coefficient (Wildman–Crippen LogP) is 2.13. The minimum Gasteiger partial charge on any atom is -0.335 e.